The van der Waals surface area contributed by atoms with Crippen LogP contribution >= 0.6 is 11.6 Å². The van der Waals surface area contributed by atoms with Crippen molar-refractivity contribution in [1.29, 1.82) is 0 Å². The van der Waals surface area contributed by atoms with Crippen LogP contribution in [0.15, 0.2) is 16.5 Å². The van der Waals surface area contributed by atoms with Crippen LogP contribution in [0.25, 0.3) is 0 Å². The molecular formula is C8H10ClNO3. The van der Waals surface area contributed by atoms with Gasteiger partial charge >= 0.3 is 5.97 Å². The van der Waals surface area contributed by atoms with Gasteiger partial charge in [-0.3, -0.25) is 4.79 Å². The van der Waals surface area contributed by atoms with E-state index in [-0.39, 0.29) is 24.1 Å². The number of nitrogens with two attached hydrogens (primary N) is 1. The SMILES string of the molecule is NCC(CC(=O)O)c1ccc(Cl)o1. The van der Waals surface area contributed by atoms with Crippen LogP contribution in [0.3, 0.4) is 0 Å². The van der Waals surface area contributed by atoms with Gasteiger partial charge in [-0.15, -0.1) is 0 Å². The highest BCUT2D eigenvalue weighted by Crippen LogP contribution is 2.23. The summed E-state index contributed by atoms with van der Waals surface area (Å²) >= 11 is 5.54. The minimum absolute atomic E-state index is 0.0413. The van der Waals surface area contributed by atoms with E-state index in [1.54, 1.807) is 12.1 Å². The summed E-state index contributed by atoms with van der Waals surface area (Å²) in [6, 6.07) is 3.21. The maximum atomic E-state index is 10.4. The van der Waals surface area contributed by atoms with Crippen LogP contribution < -0.4 is 5.73 Å². The van der Waals surface area contributed by atoms with Gasteiger partial charge in [0.25, 0.3) is 0 Å². The number of carboxylic acids is 1. The molecular weight excluding hydrogens is 194 g/mol. The molecule has 1 unspecified atom stereocenters. The van der Waals surface area contributed by atoms with E-state index in [1.807, 2.05) is 0 Å². The van der Waals surface area contributed by atoms with E-state index in [1.165, 1.54) is 0 Å². The lowest BCUT2D eigenvalue weighted by atomic mass is 10.0. The average Bonchev–Trinajstić information content (AvgIpc) is 2.47. The van der Waals surface area contributed by atoms with E-state index in [0.717, 1.165) is 0 Å². The van der Waals surface area contributed by atoms with Crippen molar-refractivity contribution < 1.29 is 14.3 Å². The van der Waals surface area contributed by atoms with Gasteiger partial charge in [0.15, 0.2) is 5.22 Å². The minimum atomic E-state index is -0.900. The Morgan fingerprint density at radius 1 is 1.69 bits per heavy atom. The quantitative estimate of drug-likeness (QED) is 0.777. The Balaban J connectivity index is 2.72. The molecule has 13 heavy (non-hydrogen) atoms. The molecule has 72 valence electrons. The van der Waals surface area contributed by atoms with Gasteiger partial charge in [-0.2, -0.15) is 0 Å². The van der Waals surface area contributed by atoms with Gasteiger partial charge < -0.3 is 15.3 Å². The summed E-state index contributed by atoms with van der Waals surface area (Å²) in [5.41, 5.74) is 5.40. The highest BCUT2D eigenvalue weighted by Gasteiger charge is 2.17. The number of carbonyl (C=O) groups is 1. The summed E-state index contributed by atoms with van der Waals surface area (Å²) in [7, 11) is 0. The summed E-state index contributed by atoms with van der Waals surface area (Å²) in [6.07, 6.45) is -0.0413. The molecule has 0 aliphatic carbocycles. The van der Waals surface area contributed by atoms with Crippen LogP contribution in [0.2, 0.25) is 5.22 Å². The van der Waals surface area contributed by atoms with Crippen molar-refractivity contribution in [1.82, 2.24) is 0 Å². The molecule has 4 nitrogen and oxygen atoms in total. The third kappa shape index (κ3) is 2.75. The average molecular weight is 204 g/mol. The first-order valence-electron chi connectivity index (χ1n) is 3.80. The fourth-order valence-corrected chi connectivity index (χ4v) is 1.21. The van der Waals surface area contributed by atoms with E-state index >= 15 is 0 Å². The van der Waals surface area contributed by atoms with E-state index in [2.05, 4.69) is 0 Å². The van der Waals surface area contributed by atoms with Crippen molar-refractivity contribution in [3.8, 4) is 0 Å². The molecule has 1 rings (SSSR count). The second-order valence-electron chi connectivity index (χ2n) is 2.67. The first-order chi connectivity index (χ1) is 6.13. The summed E-state index contributed by atoms with van der Waals surface area (Å²) in [5, 5.41) is 8.80. The van der Waals surface area contributed by atoms with Crippen LogP contribution in [0.1, 0.15) is 18.1 Å². The molecule has 0 spiro atoms. The monoisotopic (exact) mass is 203 g/mol. The van der Waals surface area contributed by atoms with Crippen LogP contribution in [0, 0.1) is 0 Å². The molecule has 1 heterocycles. The number of halogens is 1. The zero-order valence-electron chi connectivity index (χ0n) is 6.87. The Labute approximate surface area is 80.3 Å². The fourth-order valence-electron chi connectivity index (χ4n) is 1.06. The van der Waals surface area contributed by atoms with Gasteiger partial charge in [0.2, 0.25) is 0 Å². The van der Waals surface area contributed by atoms with Gasteiger partial charge in [0, 0.05) is 12.5 Å². The highest BCUT2D eigenvalue weighted by atomic mass is 35.5. The Morgan fingerprint density at radius 2 is 2.38 bits per heavy atom. The van der Waals surface area contributed by atoms with E-state index in [9.17, 15) is 4.79 Å². The van der Waals surface area contributed by atoms with E-state index in [4.69, 9.17) is 26.9 Å². The predicted molar refractivity (Wildman–Crippen MR) is 47.8 cm³/mol. The first-order valence-corrected chi connectivity index (χ1v) is 4.18. The molecule has 0 amide bonds. The van der Waals surface area contributed by atoms with Crippen molar-refractivity contribution in [2.24, 2.45) is 5.73 Å². The lowest BCUT2D eigenvalue weighted by Crippen LogP contribution is -2.15. The zero-order valence-corrected chi connectivity index (χ0v) is 7.62. The Hall–Kier alpha value is -1.00. The Morgan fingerprint density at radius 3 is 2.77 bits per heavy atom. The molecule has 1 aromatic heterocycles. The Kier molecular flexibility index (Phi) is 3.33. The van der Waals surface area contributed by atoms with Crippen LogP contribution in [0.5, 0.6) is 0 Å². The van der Waals surface area contributed by atoms with Gasteiger partial charge in [0.1, 0.15) is 5.76 Å². The molecule has 1 aromatic rings. The number of hydrogen-bond donors (Lipinski definition) is 2. The maximum Gasteiger partial charge on any atom is 0.304 e. The maximum absolute atomic E-state index is 10.4. The third-order valence-electron chi connectivity index (χ3n) is 1.70. The highest BCUT2D eigenvalue weighted by molar-refractivity contribution is 6.28. The van der Waals surface area contributed by atoms with Crippen LogP contribution in [0.4, 0.5) is 0 Å². The molecule has 0 fully saturated rings. The Bertz CT molecular complexity index is 297. The molecule has 5 heteroatoms. The predicted octanol–water partition coefficient (Wildman–Crippen LogP) is 1.45. The van der Waals surface area contributed by atoms with Crippen molar-refractivity contribution in [2.45, 2.75) is 12.3 Å². The normalized spacial score (nSPS) is 12.8. The largest absolute Gasteiger partial charge is 0.481 e. The minimum Gasteiger partial charge on any atom is -0.481 e. The summed E-state index contributed by atoms with van der Waals surface area (Å²) < 4.78 is 5.06. The second kappa shape index (κ2) is 4.30. The van der Waals surface area contributed by atoms with Crippen molar-refractivity contribution in [3.05, 3.63) is 23.1 Å². The van der Waals surface area contributed by atoms with E-state index in [0.29, 0.717) is 5.76 Å². The first kappa shape index (κ1) is 10.1. The number of rotatable bonds is 4. The number of hydrogen-bond acceptors (Lipinski definition) is 3. The molecule has 0 bridgehead atoms. The summed E-state index contributed by atoms with van der Waals surface area (Å²) in [6.45, 7) is 0.232. The molecule has 0 radical (unpaired) electrons. The van der Waals surface area contributed by atoms with Gasteiger partial charge in [0.05, 0.1) is 6.42 Å². The molecule has 3 N–H and O–H groups in total. The number of aliphatic carboxylic acids is 1. The lowest BCUT2D eigenvalue weighted by Gasteiger charge is -2.07. The van der Waals surface area contributed by atoms with E-state index < -0.39 is 5.97 Å². The zero-order chi connectivity index (χ0) is 9.84. The second-order valence-corrected chi connectivity index (χ2v) is 3.04. The third-order valence-corrected chi connectivity index (χ3v) is 1.91. The van der Waals surface area contributed by atoms with Crippen LogP contribution in [-0.4, -0.2) is 17.6 Å². The van der Waals surface area contributed by atoms with Gasteiger partial charge in [-0.25, -0.2) is 0 Å². The molecule has 0 aliphatic heterocycles. The number of furan rings is 1. The molecule has 1 atom stereocenters. The lowest BCUT2D eigenvalue weighted by molar-refractivity contribution is -0.137. The van der Waals surface area contributed by atoms with Crippen LogP contribution in [-0.2, 0) is 4.79 Å². The van der Waals surface area contributed by atoms with Crippen molar-refractivity contribution >= 4 is 17.6 Å². The standard InChI is InChI=1S/C8H10ClNO3/c9-7-2-1-6(13-7)5(4-10)3-8(11)12/h1-2,5H,3-4,10H2,(H,11,12). The smallest absolute Gasteiger partial charge is 0.304 e. The molecule has 0 aliphatic rings. The molecule has 0 saturated heterocycles. The topological polar surface area (TPSA) is 76.5 Å². The molecule has 0 saturated carbocycles. The summed E-state index contributed by atoms with van der Waals surface area (Å²) in [4.78, 5) is 10.4. The van der Waals surface area contributed by atoms with Gasteiger partial charge in [-0.1, -0.05) is 0 Å². The van der Waals surface area contributed by atoms with Crippen molar-refractivity contribution in [2.75, 3.05) is 6.54 Å². The van der Waals surface area contributed by atoms with Crippen molar-refractivity contribution in [3.63, 3.8) is 0 Å². The fraction of sp³-hybridized carbons (Fsp3) is 0.375. The number of carboxylic acid groups (broad SMARTS) is 1. The molecule has 0 aromatic carbocycles. The van der Waals surface area contributed by atoms with Gasteiger partial charge in [-0.05, 0) is 23.7 Å². The summed E-state index contributed by atoms with van der Waals surface area (Å²) in [5.74, 6) is -0.678.